The molecule has 1 aromatic carbocycles. The second-order valence-electron chi connectivity index (χ2n) is 3.83. The fourth-order valence-electron chi connectivity index (χ4n) is 1.72. The van der Waals surface area contributed by atoms with Gasteiger partial charge in [0.15, 0.2) is 0 Å². The minimum atomic E-state index is -0.880. The second kappa shape index (κ2) is 3.85. The topological polar surface area (TPSA) is 42.2 Å². The summed E-state index contributed by atoms with van der Waals surface area (Å²) in [7, 11) is 0. The number of carbonyl (C=O) groups is 1. The van der Waals surface area contributed by atoms with Crippen LogP contribution in [0.3, 0.4) is 0 Å². The maximum absolute atomic E-state index is 11.1. The highest BCUT2D eigenvalue weighted by molar-refractivity contribution is 5.90. The smallest absolute Gasteiger partial charge is 0.336 e. The number of carboxylic acid groups (broad SMARTS) is 1. The zero-order chi connectivity index (χ0) is 11.7. The number of hydrogen-bond acceptors (Lipinski definition) is 1. The fourth-order valence-corrected chi connectivity index (χ4v) is 1.72. The van der Waals surface area contributed by atoms with E-state index in [9.17, 15) is 4.79 Å². The van der Waals surface area contributed by atoms with Gasteiger partial charge in [0.1, 0.15) is 0 Å². The molecule has 1 heterocycles. The Morgan fingerprint density at radius 3 is 2.38 bits per heavy atom. The van der Waals surface area contributed by atoms with E-state index in [1.807, 2.05) is 49.0 Å². The van der Waals surface area contributed by atoms with Crippen LogP contribution in [-0.4, -0.2) is 15.6 Å². The highest BCUT2D eigenvalue weighted by Crippen LogP contribution is 2.19. The monoisotopic (exact) mass is 215 g/mol. The average Bonchev–Trinajstić information content (AvgIpc) is 2.74. The van der Waals surface area contributed by atoms with Crippen LogP contribution in [0.2, 0.25) is 0 Å². The van der Waals surface area contributed by atoms with Gasteiger partial charge in [-0.05, 0) is 49.2 Å². The van der Waals surface area contributed by atoms with Gasteiger partial charge in [-0.1, -0.05) is 0 Å². The van der Waals surface area contributed by atoms with Crippen molar-refractivity contribution in [3.05, 3.63) is 53.3 Å². The van der Waals surface area contributed by atoms with Crippen molar-refractivity contribution in [2.45, 2.75) is 13.8 Å². The third kappa shape index (κ3) is 1.72. The summed E-state index contributed by atoms with van der Waals surface area (Å²) in [6.07, 6.45) is 3.80. The first-order valence-corrected chi connectivity index (χ1v) is 5.07. The van der Waals surface area contributed by atoms with Crippen molar-refractivity contribution in [2.24, 2.45) is 0 Å². The van der Waals surface area contributed by atoms with E-state index in [-0.39, 0.29) is 0 Å². The van der Waals surface area contributed by atoms with Crippen LogP contribution in [-0.2, 0) is 0 Å². The van der Waals surface area contributed by atoms with Crippen LogP contribution in [0, 0.1) is 13.8 Å². The Kier molecular flexibility index (Phi) is 2.52. The minimum Gasteiger partial charge on any atom is -0.478 e. The number of nitrogens with zero attached hydrogens (tertiary/aromatic N) is 1. The molecule has 0 amide bonds. The molecule has 16 heavy (non-hydrogen) atoms. The summed E-state index contributed by atoms with van der Waals surface area (Å²) in [5.74, 6) is -0.880. The van der Waals surface area contributed by atoms with Gasteiger partial charge in [0, 0.05) is 18.1 Å². The molecule has 0 aliphatic heterocycles. The van der Waals surface area contributed by atoms with E-state index in [1.54, 1.807) is 6.07 Å². The molecule has 0 aliphatic rings. The molecule has 0 spiro atoms. The summed E-state index contributed by atoms with van der Waals surface area (Å²) in [5.41, 5.74) is 3.06. The molecule has 0 saturated heterocycles. The largest absolute Gasteiger partial charge is 0.478 e. The Morgan fingerprint density at radius 2 is 1.81 bits per heavy atom. The molecule has 82 valence electrons. The lowest BCUT2D eigenvalue weighted by Gasteiger charge is -2.10. The van der Waals surface area contributed by atoms with Gasteiger partial charge >= 0.3 is 5.97 Å². The molecule has 0 atom stereocenters. The lowest BCUT2D eigenvalue weighted by atomic mass is 10.0. The Balaban J connectivity index is 2.62. The molecule has 0 fully saturated rings. The molecule has 0 unspecified atom stereocenters. The maximum atomic E-state index is 11.1. The van der Waals surface area contributed by atoms with Crippen molar-refractivity contribution in [3.63, 3.8) is 0 Å². The first-order chi connectivity index (χ1) is 7.59. The quantitative estimate of drug-likeness (QED) is 0.837. The molecule has 2 rings (SSSR count). The molecule has 0 radical (unpaired) electrons. The first-order valence-electron chi connectivity index (χ1n) is 5.07. The molecular formula is C13H13NO2. The number of rotatable bonds is 2. The number of aromatic nitrogens is 1. The normalized spacial score (nSPS) is 10.4. The van der Waals surface area contributed by atoms with Crippen LogP contribution in [0.5, 0.6) is 0 Å². The van der Waals surface area contributed by atoms with Gasteiger partial charge in [-0.15, -0.1) is 0 Å². The number of benzene rings is 1. The standard InChI is InChI=1S/C13H13NO2/c1-9-7-11(14-5-3-4-6-14)8-12(10(9)2)13(15)16/h3-8H,1-2H3,(H,15,16). The van der Waals surface area contributed by atoms with Gasteiger partial charge in [0.2, 0.25) is 0 Å². The molecule has 0 bridgehead atoms. The molecule has 1 aromatic heterocycles. The minimum absolute atomic E-state index is 0.365. The van der Waals surface area contributed by atoms with E-state index in [0.29, 0.717) is 5.56 Å². The van der Waals surface area contributed by atoms with E-state index in [1.165, 1.54) is 0 Å². The Hall–Kier alpha value is -2.03. The summed E-state index contributed by atoms with van der Waals surface area (Å²) < 4.78 is 1.90. The number of hydrogen-bond donors (Lipinski definition) is 1. The van der Waals surface area contributed by atoms with Crippen molar-refractivity contribution in [1.29, 1.82) is 0 Å². The lowest BCUT2D eigenvalue weighted by Crippen LogP contribution is -2.04. The van der Waals surface area contributed by atoms with Crippen LogP contribution in [0.1, 0.15) is 21.5 Å². The van der Waals surface area contributed by atoms with Crippen molar-refractivity contribution in [1.82, 2.24) is 4.57 Å². The van der Waals surface area contributed by atoms with Gasteiger partial charge in [0.25, 0.3) is 0 Å². The van der Waals surface area contributed by atoms with E-state index in [2.05, 4.69) is 0 Å². The maximum Gasteiger partial charge on any atom is 0.336 e. The number of aryl methyl sites for hydroxylation is 1. The average molecular weight is 215 g/mol. The molecule has 2 aromatic rings. The first kappa shape index (κ1) is 10.5. The van der Waals surface area contributed by atoms with Crippen LogP contribution >= 0.6 is 0 Å². The van der Waals surface area contributed by atoms with Crippen LogP contribution in [0.4, 0.5) is 0 Å². The fraction of sp³-hybridized carbons (Fsp3) is 0.154. The van der Waals surface area contributed by atoms with E-state index in [4.69, 9.17) is 5.11 Å². The highest BCUT2D eigenvalue weighted by Gasteiger charge is 2.11. The zero-order valence-corrected chi connectivity index (χ0v) is 9.27. The molecule has 0 aliphatic carbocycles. The van der Waals surface area contributed by atoms with Crippen molar-refractivity contribution in [2.75, 3.05) is 0 Å². The predicted molar refractivity (Wildman–Crippen MR) is 62.2 cm³/mol. The third-order valence-electron chi connectivity index (χ3n) is 2.79. The van der Waals surface area contributed by atoms with Gasteiger partial charge in [-0.25, -0.2) is 4.79 Å². The summed E-state index contributed by atoms with van der Waals surface area (Å²) >= 11 is 0. The lowest BCUT2D eigenvalue weighted by molar-refractivity contribution is 0.0696. The van der Waals surface area contributed by atoms with E-state index < -0.39 is 5.97 Å². The summed E-state index contributed by atoms with van der Waals surface area (Å²) in [6, 6.07) is 7.51. The van der Waals surface area contributed by atoms with Crippen LogP contribution < -0.4 is 0 Å². The van der Waals surface area contributed by atoms with Gasteiger partial charge in [-0.2, -0.15) is 0 Å². The van der Waals surface area contributed by atoms with E-state index in [0.717, 1.165) is 16.8 Å². The third-order valence-corrected chi connectivity index (χ3v) is 2.79. The summed E-state index contributed by atoms with van der Waals surface area (Å²) in [6.45, 7) is 3.76. The summed E-state index contributed by atoms with van der Waals surface area (Å²) in [5, 5.41) is 9.10. The van der Waals surface area contributed by atoms with Crippen molar-refractivity contribution in [3.8, 4) is 5.69 Å². The molecule has 1 N–H and O–H groups in total. The Bertz CT molecular complexity index is 527. The zero-order valence-electron chi connectivity index (χ0n) is 9.27. The van der Waals surface area contributed by atoms with Crippen LogP contribution in [0.15, 0.2) is 36.7 Å². The summed E-state index contributed by atoms with van der Waals surface area (Å²) in [4.78, 5) is 11.1. The molecule has 0 saturated carbocycles. The SMILES string of the molecule is Cc1cc(-n2cccc2)cc(C(=O)O)c1C. The van der Waals surface area contributed by atoms with Gasteiger partial charge < -0.3 is 9.67 Å². The highest BCUT2D eigenvalue weighted by atomic mass is 16.4. The Labute approximate surface area is 94.0 Å². The number of aromatic carboxylic acids is 1. The van der Waals surface area contributed by atoms with E-state index >= 15 is 0 Å². The number of carboxylic acids is 1. The molecular weight excluding hydrogens is 202 g/mol. The predicted octanol–water partition coefficient (Wildman–Crippen LogP) is 2.79. The van der Waals surface area contributed by atoms with Gasteiger partial charge in [0.05, 0.1) is 5.56 Å². The second-order valence-corrected chi connectivity index (χ2v) is 3.83. The van der Waals surface area contributed by atoms with Crippen molar-refractivity contribution >= 4 is 5.97 Å². The molecule has 3 heteroatoms. The van der Waals surface area contributed by atoms with Gasteiger partial charge in [-0.3, -0.25) is 0 Å². The Morgan fingerprint density at radius 1 is 1.19 bits per heavy atom. The molecule has 3 nitrogen and oxygen atoms in total. The van der Waals surface area contributed by atoms with Crippen LogP contribution in [0.25, 0.3) is 5.69 Å². The van der Waals surface area contributed by atoms with Crippen molar-refractivity contribution < 1.29 is 9.90 Å².